The van der Waals surface area contributed by atoms with Gasteiger partial charge in [0.05, 0.1) is 0 Å². The van der Waals surface area contributed by atoms with Crippen LogP contribution in [0.25, 0.3) is 66.1 Å². The van der Waals surface area contributed by atoms with Gasteiger partial charge in [0.2, 0.25) is 0 Å². The number of aryl methyl sites for hydroxylation is 1. The highest BCUT2D eigenvalue weighted by atomic mass is 15.1. The molecule has 4 aliphatic carbocycles. The molecular weight excluding hydrogens is 795 g/mol. The third-order valence-corrected chi connectivity index (χ3v) is 16.6. The molecule has 1 nitrogen and oxygen atoms in total. The van der Waals surface area contributed by atoms with Gasteiger partial charge in [0, 0.05) is 38.7 Å². The van der Waals surface area contributed by atoms with Crippen molar-refractivity contribution < 1.29 is 0 Å². The molecule has 0 atom stereocenters. The van der Waals surface area contributed by atoms with E-state index in [1.165, 1.54) is 133 Å². The Morgan fingerprint density at radius 3 is 1.14 bits per heavy atom. The van der Waals surface area contributed by atoms with Gasteiger partial charge in [0.1, 0.15) is 0 Å². The summed E-state index contributed by atoms with van der Waals surface area (Å²) in [4.78, 5) is 2.52. The van der Waals surface area contributed by atoms with Crippen LogP contribution in [0.5, 0.6) is 0 Å². The number of fused-ring (bicyclic) bond motifs is 16. The van der Waals surface area contributed by atoms with Gasteiger partial charge in [-0.3, -0.25) is 0 Å². The van der Waals surface area contributed by atoms with Crippen molar-refractivity contribution in [2.24, 2.45) is 0 Å². The molecule has 4 aliphatic rings. The summed E-state index contributed by atoms with van der Waals surface area (Å²) in [6.45, 7) is 25.6. The summed E-state index contributed by atoms with van der Waals surface area (Å²) in [5.41, 5.74) is 26.7. The molecule has 0 fully saturated rings. The van der Waals surface area contributed by atoms with Gasteiger partial charge in [-0.1, -0.05) is 172 Å². The van der Waals surface area contributed by atoms with Crippen molar-refractivity contribution in [2.75, 3.05) is 4.90 Å². The number of rotatable bonds is 3. The minimum absolute atomic E-state index is 0.0889. The van der Waals surface area contributed by atoms with Crippen molar-refractivity contribution in [1.29, 1.82) is 0 Å². The van der Waals surface area contributed by atoms with E-state index < -0.39 is 0 Å². The highest BCUT2D eigenvalue weighted by Crippen LogP contribution is 2.60. The number of hydrogen-bond donors (Lipinski definition) is 0. The van der Waals surface area contributed by atoms with E-state index in [1.54, 1.807) is 0 Å². The molecule has 9 aromatic carbocycles. The molecule has 324 valence electrons. The molecule has 0 heterocycles. The Kier molecular flexibility index (Phi) is 8.45. The smallest absolute Gasteiger partial charge is 0.0490 e. The van der Waals surface area contributed by atoms with Crippen molar-refractivity contribution in [3.63, 3.8) is 0 Å². The fraction of sp³-hybridized carbons (Fsp3) is 0.231. The van der Waals surface area contributed by atoms with Crippen molar-refractivity contribution in [3.05, 3.63) is 208 Å². The first-order valence-electron chi connectivity index (χ1n) is 24.3. The Bertz CT molecular complexity index is 3360. The van der Waals surface area contributed by atoms with Crippen LogP contribution in [0.4, 0.5) is 17.1 Å². The number of para-hydroxylation sites is 1. The predicted octanol–water partition coefficient (Wildman–Crippen LogP) is 18.0. The molecule has 0 aliphatic heterocycles. The molecule has 9 aromatic rings. The van der Waals surface area contributed by atoms with Crippen molar-refractivity contribution in [2.45, 2.75) is 97.8 Å². The lowest BCUT2D eigenvalue weighted by atomic mass is 9.79. The Morgan fingerprint density at radius 1 is 0.318 bits per heavy atom. The van der Waals surface area contributed by atoms with E-state index in [0.29, 0.717) is 0 Å². The van der Waals surface area contributed by atoms with Gasteiger partial charge >= 0.3 is 0 Å². The van der Waals surface area contributed by atoms with Crippen LogP contribution in [0.3, 0.4) is 0 Å². The number of anilines is 3. The molecule has 0 unspecified atom stereocenters. The Morgan fingerprint density at radius 2 is 0.682 bits per heavy atom. The lowest BCUT2D eigenvalue weighted by Gasteiger charge is -2.30. The fourth-order valence-corrected chi connectivity index (χ4v) is 13.0. The van der Waals surface area contributed by atoms with Gasteiger partial charge in [-0.15, -0.1) is 0 Å². The minimum Gasteiger partial charge on any atom is -0.310 e. The SMILES string of the molecule is CC.Cc1ccccc1N(c1ccc2c(c1)C(C)(C)c1cc3c(cc1-2)C(C)(C)c1ccc2ccccc2c1-3)c1ccc2c(c1)C(C)(C)c1cc3c(cc1-2)C(C)(C)c1ccc2ccccc2c1-3. The quantitative estimate of drug-likeness (QED) is 0.171. The first-order valence-corrected chi connectivity index (χ1v) is 24.3. The second kappa shape index (κ2) is 13.7. The normalized spacial score (nSPS) is 16.3. The number of nitrogens with zero attached hydrogens (tertiary/aromatic N) is 1. The molecule has 1 heteroatoms. The summed E-state index contributed by atoms with van der Waals surface area (Å²) in [5, 5.41) is 5.31. The molecule has 0 saturated heterocycles. The second-order valence-corrected chi connectivity index (χ2v) is 21.4. The van der Waals surface area contributed by atoms with Gasteiger partial charge in [0.15, 0.2) is 0 Å². The van der Waals surface area contributed by atoms with Crippen LogP contribution in [-0.2, 0) is 21.7 Å². The summed E-state index contributed by atoms with van der Waals surface area (Å²) < 4.78 is 0. The van der Waals surface area contributed by atoms with E-state index in [4.69, 9.17) is 0 Å². The number of hydrogen-bond acceptors (Lipinski definition) is 1. The molecule has 0 aromatic heterocycles. The maximum Gasteiger partial charge on any atom is 0.0490 e. The lowest BCUT2D eigenvalue weighted by Crippen LogP contribution is -2.18. The van der Waals surface area contributed by atoms with Gasteiger partial charge in [0.25, 0.3) is 0 Å². The largest absolute Gasteiger partial charge is 0.310 e. The van der Waals surface area contributed by atoms with Gasteiger partial charge in [-0.2, -0.15) is 0 Å². The topological polar surface area (TPSA) is 3.24 Å². The van der Waals surface area contributed by atoms with Crippen LogP contribution in [-0.4, -0.2) is 0 Å². The van der Waals surface area contributed by atoms with Crippen LogP contribution < -0.4 is 4.90 Å². The molecule has 0 saturated carbocycles. The van der Waals surface area contributed by atoms with Crippen molar-refractivity contribution in [3.8, 4) is 44.5 Å². The molecule has 0 spiro atoms. The molecule has 13 rings (SSSR count). The monoisotopic (exact) mass is 853 g/mol. The van der Waals surface area contributed by atoms with Crippen molar-refractivity contribution >= 4 is 38.6 Å². The highest BCUT2D eigenvalue weighted by molar-refractivity contribution is 6.05. The summed E-state index contributed by atoms with van der Waals surface area (Å²) in [6.07, 6.45) is 0. The zero-order chi connectivity index (χ0) is 45.8. The zero-order valence-electron chi connectivity index (χ0n) is 40.5. The van der Waals surface area contributed by atoms with E-state index in [1.807, 2.05) is 13.8 Å². The maximum atomic E-state index is 2.56. The zero-order valence-corrected chi connectivity index (χ0v) is 40.5. The van der Waals surface area contributed by atoms with Crippen LogP contribution in [0.15, 0.2) is 158 Å². The van der Waals surface area contributed by atoms with Crippen LogP contribution in [0.2, 0.25) is 0 Å². The average Bonchev–Trinajstić information content (AvgIpc) is 3.88. The highest BCUT2D eigenvalue weighted by Gasteiger charge is 2.44. The molecule has 0 N–H and O–H groups in total. The van der Waals surface area contributed by atoms with Crippen LogP contribution in [0.1, 0.15) is 119 Å². The second-order valence-electron chi connectivity index (χ2n) is 21.4. The molecule has 66 heavy (non-hydrogen) atoms. The standard InChI is InChI=1S/C63H53N.C2H6/c1-36-16-10-15-21-57(36)64(39-24-26-43-45-32-55-47(34-53(45)62(6,7)51(43)30-39)58-41-19-13-11-17-37(41)22-28-49(58)60(55,2)3)40-25-27-44-46-33-56-48(35-54(46)63(8,9)52(44)31-40)59-42-20-14-12-18-38(42)23-29-50(59)61(56,4)5;1-2/h10-35H,1-9H3;1-2H3. The molecule has 0 bridgehead atoms. The van der Waals surface area contributed by atoms with Crippen molar-refractivity contribution in [1.82, 2.24) is 0 Å². The van der Waals surface area contributed by atoms with Gasteiger partial charge in [-0.25, -0.2) is 0 Å². The lowest BCUT2D eigenvalue weighted by molar-refractivity contribution is 0.652. The van der Waals surface area contributed by atoms with E-state index >= 15 is 0 Å². The third kappa shape index (κ3) is 5.23. The van der Waals surface area contributed by atoms with Gasteiger partial charge in [-0.05, 0) is 178 Å². The minimum atomic E-state index is -0.190. The first kappa shape index (κ1) is 40.8. The van der Waals surface area contributed by atoms with E-state index in [9.17, 15) is 0 Å². The van der Waals surface area contributed by atoms with E-state index in [-0.39, 0.29) is 21.7 Å². The molecule has 0 amide bonds. The summed E-state index contributed by atoms with van der Waals surface area (Å²) in [6, 6.07) is 60.9. The summed E-state index contributed by atoms with van der Waals surface area (Å²) in [7, 11) is 0. The van der Waals surface area contributed by atoms with Crippen LogP contribution in [0, 0.1) is 6.92 Å². The van der Waals surface area contributed by atoms with E-state index in [0.717, 1.165) is 0 Å². The predicted molar refractivity (Wildman–Crippen MR) is 282 cm³/mol. The Labute approximate surface area is 391 Å². The molecular formula is C65H59N. The fourth-order valence-electron chi connectivity index (χ4n) is 13.0. The summed E-state index contributed by atoms with van der Waals surface area (Å²) >= 11 is 0. The molecule has 0 radical (unpaired) electrons. The first-order chi connectivity index (χ1) is 31.7. The third-order valence-electron chi connectivity index (χ3n) is 16.6. The maximum absolute atomic E-state index is 2.56. The Hall–Kier alpha value is -6.70. The van der Waals surface area contributed by atoms with E-state index in [2.05, 4.69) is 225 Å². The van der Waals surface area contributed by atoms with Gasteiger partial charge < -0.3 is 4.90 Å². The van der Waals surface area contributed by atoms with Crippen LogP contribution >= 0.6 is 0 Å². The number of benzene rings is 9. The Balaban J connectivity index is 0.00000225. The summed E-state index contributed by atoms with van der Waals surface area (Å²) in [5.74, 6) is 0. The average molecular weight is 854 g/mol.